The van der Waals surface area contributed by atoms with Crippen molar-refractivity contribution in [1.82, 2.24) is 0 Å². The summed E-state index contributed by atoms with van der Waals surface area (Å²) in [6, 6.07) is 0. The maximum atomic E-state index is 2.91. The van der Waals surface area contributed by atoms with Crippen LogP contribution in [0.4, 0.5) is 0 Å². The molecular formula is C49H68Cl2Zr. The summed E-state index contributed by atoms with van der Waals surface area (Å²) in [6.45, 7) is 27.4. The van der Waals surface area contributed by atoms with E-state index in [1.54, 1.807) is 5.57 Å². The van der Waals surface area contributed by atoms with E-state index in [1.165, 1.54) is 57.8 Å². The third kappa shape index (κ3) is 4.64. The van der Waals surface area contributed by atoms with Crippen molar-refractivity contribution in [1.29, 1.82) is 0 Å². The first-order chi connectivity index (χ1) is 23.7. The van der Waals surface area contributed by atoms with Crippen molar-refractivity contribution in [2.45, 2.75) is 131 Å². The van der Waals surface area contributed by atoms with Crippen LogP contribution in [0.3, 0.4) is 0 Å². The van der Waals surface area contributed by atoms with Gasteiger partial charge in [-0.05, 0) is 0 Å². The normalized spacial score (nSPS) is 45.1. The van der Waals surface area contributed by atoms with E-state index in [0.717, 1.165) is 23.7 Å². The molecule has 3 heteroatoms. The van der Waals surface area contributed by atoms with Crippen LogP contribution in [0.2, 0.25) is 3.63 Å². The number of hydrogen-bond donors (Lipinski definition) is 0. The quantitative estimate of drug-likeness (QED) is 0.260. The molecule has 11 atom stereocenters. The average molecular weight is 819 g/mol. The van der Waals surface area contributed by atoms with Crippen LogP contribution >= 0.6 is 0 Å². The van der Waals surface area contributed by atoms with Crippen molar-refractivity contribution >= 4 is 3.21 Å². The Morgan fingerprint density at radius 2 is 1.12 bits per heavy atom. The second-order valence-corrected chi connectivity index (χ2v) is 26.4. The maximum Gasteiger partial charge on any atom is -1.00 e. The van der Waals surface area contributed by atoms with Gasteiger partial charge in [-0.3, -0.25) is 0 Å². The Labute approximate surface area is 339 Å². The zero-order valence-corrected chi connectivity index (χ0v) is 38.1. The van der Waals surface area contributed by atoms with E-state index in [9.17, 15) is 0 Å². The standard InChI is InChI=1S/C29H37.C15H26.C5H5.2ClH.Zr/c1-21-14-13-15-22-20-27(6)25(4)18-10-9-16-23(25,2)24(3)17-11-12-19-26(24,5)29(27,8)28(21,22)7;1-12(14-7-3-4-8-14)11-13(2)15-9-5-6-10-15;1-2-4-5-3-1;;;/h9-20,22H,1-8H3;12-15H,3-10H2,1-2H3;1-3H,4H2;2*1H;/q;;;;;+2/p-2. The van der Waals surface area contributed by atoms with Gasteiger partial charge in [0.1, 0.15) is 0 Å². The van der Waals surface area contributed by atoms with Gasteiger partial charge in [-0.2, -0.15) is 0 Å². The predicted octanol–water partition coefficient (Wildman–Crippen LogP) is 7.53. The van der Waals surface area contributed by atoms with Crippen molar-refractivity contribution in [3.63, 3.8) is 0 Å². The van der Waals surface area contributed by atoms with E-state index < -0.39 is 21.3 Å². The molecule has 0 radical (unpaired) electrons. The molecule has 0 aliphatic heterocycles. The van der Waals surface area contributed by atoms with Crippen LogP contribution in [0.5, 0.6) is 0 Å². The van der Waals surface area contributed by atoms with Crippen molar-refractivity contribution in [3.8, 4) is 0 Å². The minimum Gasteiger partial charge on any atom is -1.00 e. The molecule has 4 saturated carbocycles. The molecular weight excluding hydrogens is 751 g/mol. The molecule has 4 fully saturated rings. The summed E-state index contributed by atoms with van der Waals surface area (Å²) in [5.74, 6) is 3.80. The molecule has 8 aliphatic carbocycles. The zero-order chi connectivity index (χ0) is 35.5. The molecule has 0 N–H and O–H groups in total. The van der Waals surface area contributed by atoms with Crippen LogP contribution in [-0.2, 0) is 21.3 Å². The smallest absolute Gasteiger partial charge is 1.00 e. The molecule has 0 aromatic rings. The molecule has 0 amide bonds. The number of hydrogen-bond acceptors (Lipinski definition) is 0. The molecule has 0 bridgehead atoms. The summed E-state index contributed by atoms with van der Waals surface area (Å²) in [5.41, 5.74) is 1.59. The Balaban J connectivity index is 0.00000232. The zero-order valence-electron chi connectivity index (χ0n) is 34.2. The van der Waals surface area contributed by atoms with E-state index in [-0.39, 0.29) is 62.7 Å². The molecule has 0 saturated heterocycles. The second kappa shape index (κ2) is 13.7. The molecule has 0 aromatic heterocycles. The van der Waals surface area contributed by atoms with Crippen molar-refractivity contribution in [2.24, 2.45) is 67.5 Å². The fourth-order valence-electron chi connectivity index (χ4n) is 15.8. The van der Waals surface area contributed by atoms with Gasteiger partial charge in [0.15, 0.2) is 0 Å². The number of rotatable bonds is 6. The summed E-state index contributed by atoms with van der Waals surface area (Å²) >= 11 is -2.69. The van der Waals surface area contributed by atoms with Crippen LogP contribution in [0.1, 0.15) is 127 Å². The Hall–Kier alpha value is -0.747. The summed E-state index contributed by atoms with van der Waals surface area (Å²) in [5, 5.41) is 0. The third-order valence-corrected chi connectivity index (χ3v) is 29.6. The van der Waals surface area contributed by atoms with Crippen molar-refractivity contribution < 1.29 is 46.1 Å². The Morgan fingerprint density at radius 1 is 0.635 bits per heavy atom. The topological polar surface area (TPSA) is 0 Å². The second-order valence-electron chi connectivity index (χ2n) is 19.9. The summed E-state index contributed by atoms with van der Waals surface area (Å²) in [6.07, 6.45) is 48.9. The van der Waals surface area contributed by atoms with Crippen molar-refractivity contribution in [3.05, 3.63) is 93.9 Å². The molecule has 11 unspecified atom stereocenters. The Kier molecular flexibility index (Phi) is 10.8. The number of fused-ring (bicyclic) bond motifs is 8. The Bertz CT molecular complexity index is 1700. The fraction of sp³-hybridized carbons (Fsp3) is 0.653. The van der Waals surface area contributed by atoms with Gasteiger partial charge in [-0.25, -0.2) is 0 Å². The molecule has 52 heavy (non-hydrogen) atoms. The van der Waals surface area contributed by atoms with Gasteiger partial charge in [0, 0.05) is 0 Å². The fourth-order valence-corrected chi connectivity index (χ4v) is 28.5. The van der Waals surface area contributed by atoms with Gasteiger partial charge in [0.05, 0.1) is 0 Å². The summed E-state index contributed by atoms with van der Waals surface area (Å²) < 4.78 is 4.77. The molecule has 0 aromatic carbocycles. The van der Waals surface area contributed by atoms with Gasteiger partial charge < -0.3 is 24.8 Å². The number of halogens is 2. The van der Waals surface area contributed by atoms with E-state index in [1.807, 2.05) is 3.28 Å². The Morgan fingerprint density at radius 3 is 1.62 bits per heavy atom. The molecule has 8 aliphatic rings. The van der Waals surface area contributed by atoms with Crippen LogP contribution < -0.4 is 24.8 Å². The maximum absolute atomic E-state index is 2.91. The minimum atomic E-state index is -2.69. The predicted molar refractivity (Wildman–Crippen MR) is 213 cm³/mol. The van der Waals surface area contributed by atoms with Crippen LogP contribution in [0, 0.1) is 67.5 Å². The summed E-state index contributed by atoms with van der Waals surface area (Å²) in [4.78, 5) is 0. The first-order valence-electron chi connectivity index (χ1n) is 20.9. The van der Waals surface area contributed by atoms with Crippen LogP contribution in [-0.4, -0.2) is 3.21 Å². The van der Waals surface area contributed by atoms with Crippen LogP contribution in [0.15, 0.2) is 93.9 Å². The molecule has 0 spiro atoms. The van der Waals surface area contributed by atoms with Crippen LogP contribution in [0.25, 0.3) is 0 Å². The van der Waals surface area contributed by atoms with Gasteiger partial charge >= 0.3 is 317 Å². The van der Waals surface area contributed by atoms with Gasteiger partial charge in [-0.15, -0.1) is 0 Å². The third-order valence-electron chi connectivity index (χ3n) is 19.4. The molecule has 0 nitrogen and oxygen atoms in total. The van der Waals surface area contributed by atoms with E-state index in [4.69, 9.17) is 0 Å². The SMILES string of the molecule is CC1=CC=CC2[CH]([Zr+2]([C]3=CC=CC3)=[C](C(C)C3CCCC3)C(C)C3CCCC3)C3(C)C4(C)C=CC=CC4(C)C4(C)C=CC=CC4(C)C3(C)C12C.[Cl-].[Cl-]. The monoisotopic (exact) mass is 816 g/mol. The van der Waals surface area contributed by atoms with Crippen molar-refractivity contribution in [2.75, 3.05) is 0 Å². The average Bonchev–Trinajstić information content (AvgIpc) is 3.93. The first kappa shape index (κ1) is 40.9. The van der Waals surface area contributed by atoms with Gasteiger partial charge in [-0.1, -0.05) is 0 Å². The number of allylic oxidation sites excluding steroid dienone is 16. The summed E-state index contributed by atoms with van der Waals surface area (Å²) in [7, 11) is 0. The molecule has 8 rings (SSSR count). The molecule has 0 heterocycles. The molecule has 282 valence electrons. The van der Waals surface area contributed by atoms with E-state index in [0.29, 0.717) is 9.54 Å². The first-order valence-corrected chi connectivity index (χ1v) is 24.8. The largest absolute Gasteiger partial charge is 1.00 e. The van der Waals surface area contributed by atoms with E-state index in [2.05, 4.69) is 158 Å². The van der Waals surface area contributed by atoms with E-state index >= 15 is 0 Å². The minimum absolute atomic E-state index is 0. The van der Waals surface area contributed by atoms with Gasteiger partial charge in [0.25, 0.3) is 0 Å². The van der Waals surface area contributed by atoms with Gasteiger partial charge in [0.2, 0.25) is 0 Å².